The smallest absolute Gasteiger partial charge is 0.294 e. The Labute approximate surface area is 227 Å². The van der Waals surface area contributed by atoms with Crippen LogP contribution in [0.4, 0.5) is 4.39 Å². The van der Waals surface area contributed by atoms with Crippen LogP contribution in [0.1, 0.15) is 16.7 Å². The summed E-state index contributed by atoms with van der Waals surface area (Å²) in [5.74, 6) is 2.20. The summed E-state index contributed by atoms with van der Waals surface area (Å²) in [6, 6.07) is 17.9. The van der Waals surface area contributed by atoms with Crippen LogP contribution in [0.2, 0.25) is 0 Å². The maximum absolute atomic E-state index is 13.6. The van der Waals surface area contributed by atoms with Gasteiger partial charge in [-0.05, 0) is 65.3 Å². The Morgan fingerprint density at radius 2 is 1.85 bits per heavy atom. The molecule has 6 aromatic rings. The number of hydrogen-bond donors (Lipinski definition) is 0. The Hall–Kier alpha value is -4.57. The third kappa shape index (κ3) is 5.10. The third-order valence-corrected chi connectivity index (χ3v) is 7.14. The molecule has 198 valence electrons. The highest BCUT2D eigenvalue weighted by molar-refractivity contribution is 7.18. The number of ether oxygens (including phenoxy) is 4. The first-order chi connectivity index (χ1) is 19.0. The molecule has 0 saturated heterocycles. The summed E-state index contributed by atoms with van der Waals surface area (Å²) in [5.41, 5.74) is 3.96. The lowest BCUT2D eigenvalue weighted by molar-refractivity contribution is 0.295. The summed E-state index contributed by atoms with van der Waals surface area (Å²) in [6.07, 6.45) is 1.79. The third-order valence-electron chi connectivity index (χ3n) is 6.26. The molecule has 3 aromatic carbocycles. The van der Waals surface area contributed by atoms with Crippen molar-refractivity contribution in [1.82, 2.24) is 14.6 Å². The van der Waals surface area contributed by atoms with Gasteiger partial charge in [0.1, 0.15) is 47.6 Å². The largest absolute Gasteiger partial charge is 0.496 e. The number of hydrogen-bond acceptors (Lipinski definition) is 8. The minimum atomic E-state index is -0.280. The van der Waals surface area contributed by atoms with Crippen LogP contribution in [-0.4, -0.2) is 28.8 Å². The van der Waals surface area contributed by atoms with Crippen LogP contribution in [0.15, 0.2) is 71.3 Å². The van der Waals surface area contributed by atoms with E-state index in [0.29, 0.717) is 51.0 Å². The number of halogens is 1. The quantitative estimate of drug-likeness (QED) is 0.197. The number of aryl methyl sites for hydroxylation is 1. The number of benzene rings is 3. The lowest BCUT2D eigenvalue weighted by Gasteiger charge is -2.12. The molecule has 3 heterocycles. The van der Waals surface area contributed by atoms with E-state index >= 15 is 0 Å². The van der Waals surface area contributed by atoms with E-state index in [1.165, 1.54) is 23.5 Å². The SMILES string of the molecule is COc1cc(OCc2cccc(OCc3cc(F)ccc3C)c2)c2cc(-c3cn4nc(OC)sc4n3)oc2c1. The van der Waals surface area contributed by atoms with Crippen LogP contribution < -0.4 is 18.9 Å². The van der Waals surface area contributed by atoms with Crippen molar-refractivity contribution in [2.45, 2.75) is 20.1 Å². The topological polar surface area (TPSA) is 80.2 Å². The molecule has 10 heteroatoms. The van der Waals surface area contributed by atoms with E-state index in [2.05, 4.69) is 10.1 Å². The molecule has 0 aliphatic carbocycles. The normalized spacial score (nSPS) is 11.3. The highest BCUT2D eigenvalue weighted by Crippen LogP contribution is 2.37. The Balaban J connectivity index is 1.22. The van der Waals surface area contributed by atoms with Gasteiger partial charge >= 0.3 is 0 Å². The first kappa shape index (κ1) is 24.7. The fraction of sp³-hybridized carbons (Fsp3) is 0.172. The van der Waals surface area contributed by atoms with E-state index in [1.54, 1.807) is 31.0 Å². The fourth-order valence-electron chi connectivity index (χ4n) is 4.17. The molecule has 0 spiro atoms. The molecule has 0 aliphatic heterocycles. The number of aromatic nitrogens is 3. The predicted octanol–water partition coefficient (Wildman–Crippen LogP) is 6.83. The van der Waals surface area contributed by atoms with Crippen molar-refractivity contribution < 1.29 is 27.8 Å². The molecule has 6 rings (SSSR count). The molecule has 8 nitrogen and oxygen atoms in total. The van der Waals surface area contributed by atoms with Gasteiger partial charge in [-0.25, -0.2) is 13.9 Å². The highest BCUT2D eigenvalue weighted by atomic mass is 32.1. The molecule has 3 aromatic heterocycles. The zero-order chi connectivity index (χ0) is 26.9. The fourth-order valence-corrected chi connectivity index (χ4v) is 4.87. The van der Waals surface area contributed by atoms with Gasteiger partial charge in [0.05, 0.1) is 25.8 Å². The summed E-state index contributed by atoms with van der Waals surface area (Å²) in [5, 5.41) is 5.65. The second-order valence-corrected chi connectivity index (χ2v) is 9.79. The summed E-state index contributed by atoms with van der Waals surface area (Å²) in [7, 11) is 3.17. The monoisotopic (exact) mass is 545 g/mol. The average Bonchev–Trinajstić information content (AvgIpc) is 3.65. The lowest BCUT2D eigenvalue weighted by Crippen LogP contribution is -2.00. The minimum Gasteiger partial charge on any atom is -0.496 e. The predicted molar refractivity (Wildman–Crippen MR) is 145 cm³/mol. The van der Waals surface area contributed by atoms with Crippen molar-refractivity contribution in [3.05, 3.63) is 89.4 Å². The Morgan fingerprint density at radius 1 is 0.949 bits per heavy atom. The van der Waals surface area contributed by atoms with Crippen LogP contribution in [0.3, 0.4) is 0 Å². The molecule has 0 N–H and O–H groups in total. The van der Waals surface area contributed by atoms with E-state index in [4.69, 9.17) is 23.4 Å². The number of nitrogens with zero attached hydrogens (tertiary/aromatic N) is 3. The molecule has 0 amide bonds. The maximum atomic E-state index is 13.6. The van der Waals surface area contributed by atoms with Gasteiger partial charge in [-0.15, -0.1) is 5.10 Å². The second kappa shape index (κ2) is 10.3. The van der Waals surface area contributed by atoms with Crippen LogP contribution in [0, 0.1) is 12.7 Å². The number of fused-ring (bicyclic) bond motifs is 2. The molecule has 0 fully saturated rings. The van der Waals surface area contributed by atoms with E-state index in [9.17, 15) is 4.39 Å². The van der Waals surface area contributed by atoms with Crippen molar-refractivity contribution in [2.24, 2.45) is 0 Å². The molecule has 0 aliphatic rings. The zero-order valence-corrected chi connectivity index (χ0v) is 22.3. The summed E-state index contributed by atoms with van der Waals surface area (Å²) < 4.78 is 44.2. The van der Waals surface area contributed by atoms with Gasteiger partial charge in [0.15, 0.2) is 5.76 Å². The van der Waals surface area contributed by atoms with Crippen LogP contribution >= 0.6 is 11.3 Å². The summed E-state index contributed by atoms with van der Waals surface area (Å²) in [6.45, 7) is 2.50. The van der Waals surface area contributed by atoms with Gasteiger partial charge in [0.25, 0.3) is 5.19 Å². The molecule has 0 atom stereocenters. The first-order valence-corrected chi connectivity index (χ1v) is 12.9. The van der Waals surface area contributed by atoms with Crippen LogP contribution in [0.5, 0.6) is 22.4 Å². The van der Waals surface area contributed by atoms with Gasteiger partial charge in [-0.3, -0.25) is 0 Å². The van der Waals surface area contributed by atoms with Crippen molar-refractivity contribution >= 4 is 27.3 Å². The lowest BCUT2D eigenvalue weighted by atomic mass is 10.1. The van der Waals surface area contributed by atoms with E-state index in [-0.39, 0.29) is 12.4 Å². The van der Waals surface area contributed by atoms with E-state index in [0.717, 1.165) is 22.1 Å². The van der Waals surface area contributed by atoms with Crippen molar-refractivity contribution in [2.75, 3.05) is 14.2 Å². The summed E-state index contributed by atoms with van der Waals surface area (Å²) in [4.78, 5) is 5.31. The second-order valence-electron chi connectivity index (χ2n) is 8.87. The summed E-state index contributed by atoms with van der Waals surface area (Å²) >= 11 is 1.34. The van der Waals surface area contributed by atoms with Gasteiger partial charge in [0, 0.05) is 12.1 Å². The first-order valence-electron chi connectivity index (χ1n) is 12.1. The van der Waals surface area contributed by atoms with Gasteiger partial charge in [0.2, 0.25) is 4.96 Å². The number of furan rings is 1. The van der Waals surface area contributed by atoms with Crippen molar-refractivity contribution in [3.8, 4) is 33.9 Å². The number of methoxy groups -OCH3 is 2. The molecule has 0 bridgehead atoms. The highest BCUT2D eigenvalue weighted by Gasteiger charge is 2.17. The maximum Gasteiger partial charge on any atom is 0.294 e. The average molecular weight is 546 g/mol. The van der Waals surface area contributed by atoms with Gasteiger partial charge in [-0.2, -0.15) is 0 Å². The number of rotatable bonds is 9. The number of imidazole rings is 1. The Morgan fingerprint density at radius 3 is 2.67 bits per heavy atom. The van der Waals surface area contributed by atoms with Crippen molar-refractivity contribution in [3.63, 3.8) is 0 Å². The molecule has 0 radical (unpaired) electrons. The Bertz CT molecular complexity index is 1760. The van der Waals surface area contributed by atoms with Crippen LogP contribution in [-0.2, 0) is 13.2 Å². The molecule has 39 heavy (non-hydrogen) atoms. The molecular weight excluding hydrogens is 521 g/mol. The zero-order valence-electron chi connectivity index (χ0n) is 21.4. The molecule has 0 unspecified atom stereocenters. The molecular formula is C29H24FN3O5S. The van der Waals surface area contributed by atoms with Crippen molar-refractivity contribution in [1.29, 1.82) is 0 Å². The molecule has 0 saturated carbocycles. The van der Waals surface area contributed by atoms with Gasteiger partial charge < -0.3 is 23.4 Å². The minimum absolute atomic E-state index is 0.274. The van der Waals surface area contributed by atoms with Gasteiger partial charge in [-0.1, -0.05) is 18.2 Å². The Kier molecular flexibility index (Phi) is 6.54. The van der Waals surface area contributed by atoms with Crippen LogP contribution in [0.25, 0.3) is 27.4 Å². The van der Waals surface area contributed by atoms with E-state index in [1.807, 2.05) is 49.4 Å². The standard InChI is InChI=1S/C29H24FN3O5S/c1-17-7-8-20(30)10-19(17)16-36-21-6-4-5-18(9-21)15-37-25-11-22(34-2)12-26-23(25)13-27(38-26)24-14-33-28(31-24)39-29(32-33)35-3/h4-14H,15-16H2,1-3H3. The van der Waals surface area contributed by atoms with E-state index < -0.39 is 0 Å².